The van der Waals surface area contributed by atoms with E-state index < -0.39 is 17.4 Å². The van der Waals surface area contributed by atoms with Crippen molar-refractivity contribution in [2.45, 2.75) is 26.1 Å². The van der Waals surface area contributed by atoms with E-state index in [1.54, 1.807) is 36.4 Å². The normalized spacial score (nSPS) is 12.6. The van der Waals surface area contributed by atoms with Crippen LogP contribution in [-0.2, 0) is 45.1 Å². The first-order valence-corrected chi connectivity index (χ1v) is 15.9. The molecule has 7 rings (SSSR count). The van der Waals surface area contributed by atoms with Crippen molar-refractivity contribution in [3.05, 3.63) is 148 Å². The fourth-order valence-electron chi connectivity index (χ4n) is 6.39. The number of carbonyl (C=O) groups excluding carboxylic acids is 2. The van der Waals surface area contributed by atoms with E-state index >= 15 is 0 Å². The smallest absolute Gasteiger partial charge is 0.324 e. The largest absolute Gasteiger partial charge is 0.495 e. The minimum atomic E-state index is -1.70. The number of nitriles is 2. The van der Waals surface area contributed by atoms with E-state index in [-0.39, 0.29) is 26.1 Å². The van der Waals surface area contributed by atoms with E-state index in [1.807, 2.05) is 66.7 Å². The van der Waals surface area contributed by atoms with E-state index in [4.69, 9.17) is 18.6 Å². The van der Waals surface area contributed by atoms with Crippen LogP contribution in [0.25, 0.3) is 21.9 Å². The molecule has 0 saturated carbocycles. The maximum Gasteiger partial charge on any atom is 0.324 e. The first-order chi connectivity index (χ1) is 24.4. The fraction of sp³-hybridized carbons (Fsp3) is 0.143. The van der Waals surface area contributed by atoms with Gasteiger partial charge in [-0.05, 0) is 71.1 Å². The molecule has 8 heteroatoms. The van der Waals surface area contributed by atoms with Gasteiger partial charge in [-0.2, -0.15) is 10.5 Å². The average Bonchev–Trinajstić information content (AvgIpc) is 3.74. The molecule has 0 unspecified atom stereocenters. The Kier molecular flexibility index (Phi) is 8.48. The number of fused-ring (bicyclic) bond motifs is 4. The van der Waals surface area contributed by atoms with Crippen LogP contribution in [0.4, 0.5) is 0 Å². The molecule has 0 amide bonds. The van der Waals surface area contributed by atoms with Crippen molar-refractivity contribution in [2.75, 3.05) is 7.11 Å². The highest BCUT2D eigenvalue weighted by molar-refractivity contribution is 6.10. The van der Waals surface area contributed by atoms with Crippen LogP contribution in [0.5, 0.6) is 5.75 Å². The summed E-state index contributed by atoms with van der Waals surface area (Å²) in [6.45, 7) is -0.0370. The van der Waals surface area contributed by atoms with Crippen LogP contribution < -0.4 is 4.74 Å². The fourth-order valence-corrected chi connectivity index (χ4v) is 6.39. The van der Waals surface area contributed by atoms with Crippen LogP contribution in [0.1, 0.15) is 44.5 Å². The van der Waals surface area contributed by atoms with Crippen molar-refractivity contribution in [3.8, 4) is 29.7 Å². The van der Waals surface area contributed by atoms with Gasteiger partial charge in [0.25, 0.3) is 0 Å². The molecule has 5 aromatic carbocycles. The van der Waals surface area contributed by atoms with Crippen LogP contribution in [0.3, 0.4) is 0 Å². The Labute approximate surface area is 288 Å². The number of hydrogen-bond donors (Lipinski definition) is 0. The molecule has 0 N–H and O–H groups in total. The Bertz CT molecular complexity index is 2380. The third-order valence-corrected chi connectivity index (χ3v) is 8.92. The molecule has 0 saturated heterocycles. The zero-order valence-electron chi connectivity index (χ0n) is 27.0. The standard InChI is InChI=1S/C42H28N2O6/c1-47-36-16-12-29(23-43)18-31(36)14-15-33-35-22-42(40(45)48-25-27-8-4-2-5-9-27,41(46)49-26-28-10-6-3-7-11-28)21-32(35)20-38-39(33)34-19-30(24-44)13-17-37(34)50-38/h2-13,16-20H,21-22,25-26H2,1H3. The highest BCUT2D eigenvalue weighted by Gasteiger charge is 2.54. The van der Waals surface area contributed by atoms with Crippen LogP contribution in [-0.4, -0.2) is 19.0 Å². The zero-order valence-corrected chi connectivity index (χ0v) is 27.0. The highest BCUT2D eigenvalue weighted by Crippen LogP contribution is 2.45. The Balaban J connectivity index is 1.38. The third-order valence-electron chi connectivity index (χ3n) is 8.92. The predicted molar refractivity (Wildman–Crippen MR) is 184 cm³/mol. The maximum atomic E-state index is 14.2. The minimum Gasteiger partial charge on any atom is -0.495 e. The van der Waals surface area contributed by atoms with Gasteiger partial charge >= 0.3 is 11.9 Å². The van der Waals surface area contributed by atoms with Crippen LogP contribution in [0, 0.1) is 39.9 Å². The Morgan fingerprint density at radius 3 is 1.98 bits per heavy atom. The molecule has 0 fully saturated rings. The summed E-state index contributed by atoms with van der Waals surface area (Å²) in [4.78, 5) is 28.3. The van der Waals surface area contributed by atoms with Gasteiger partial charge in [0, 0.05) is 22.8 Å². The highest BCUT2D eigenvalue weighted by atomic mass is 16.6. The van der Waals surface area contributed by atoms with Gasteiger partial charge in [-0.15, -0.1) is 0 Å². The summed E-state index contributed by atoms with van der Waals surface area (Å²) in [5.41, 5.74) is 4.12. The Hall–Kier alpha value is -6.82. The molecule has 1 aliphatic carbocycles. The molecule has 0 bridgehead atoms. The molecule has 242 valence electrons. The summed E-state index contributed by atoms with van der Waals surface area (Å²) in [6, 6.07) is 34.8. The molecule has 50 heavy (non-hydrogen) atoms. The first-order valence-electron chi connectivity index (χ1n) is 15.9. The lowest BCUT2D eigenvalue weighted by molar-refractivity contribution is -0.173. The Morgan fingerprint density at radius 2 is 1.36 bits per heavy atom. The summed E-state index contributed by atoms with van der Waals surface area (Å²) >= 11 is 0. The van der Waals surface area contributed by atoms with E-state index in [0.29, 0.717) is 61.1 Å². The van der Waals surface area contributed by atoms with Crippen molar-refractivity contribution in [3.63, 3.8) is 0 Å². The quantitative estimate of drug-likeness (QED) is 0.0996. The molecular formula is C42H28N2O6. The van der Waals surface area contributed by atoms with Gasteiger partial charge < -0.3 is 18.6 Å². The van der Waals surface area contributed by atoms with E-state index in [0.717, 1.165) is 11.1 Å². The van der Waals surface area contributed by atoms with Gasteiger partial charge in [0.15, 0.2) is 5.41 Å². The number of ether oxygens (including phenoxy) is 3. The number of carbonyl (C=O) groups is 2. The molecule has 0 aliphatic heterocycles. The van der Waals surface area contributed by atoms with Crippen molar-refractivity contribution >= 4 is 33.9 Å². The number of esters is 2. The molecular weight excluding hydrogens is 628 g/mol. The van der Waals surface area contributed by atoms with E-state index in [2.05, 4.69) is 24.0 Å². The molecule has 0 atom stereocenters. The van der Waals surface area contributed by atoms with Crippen LogP contribution >= 0.6 is 0 Å². The number of benzene rings is 5. The molecule has 0 spiro atoms. The summed E-state index contributed by atoms with van der Waals surface area (Å²) in [7, 11) is 1.52. The number of hydrogen-bond acceptors (Lipinski definition) is 8. The molecule has 1 heterocycles. The summed E-state index contributed by atoms with van der Waals surface area (Å²) in [5.74, 6) is 5.54. The van der Waals surface area contributed by atoms with Crippen molar-refractivity contribution in [1.29, 1.82) is 10.5 Å². The molecule has 0 radical (unpaired) electrons. The number of methoxy groups -OCH3 is 1. The first kappa shape index (κ1) is 31.8. The zero-order chi connectivity index (χ0) is 34.7. The molecule has 1 aromatic heterocycles. The Morgan fingerprint density at radius 1 is 0.740 bits per heavy atom. The average molecular weight is 657 g/mol. The van der Waals surface area contributed by atoms with E-state index in [9.17, 15) is 20.1 Å². The predicted octanol–water partition coefficient (Wildman–Crippen LogP) is 7.31. The lowest BCUT2D eigenvalue weighted by Gasteiger charge is -2.25. The molecule has 1 aliphatic rings. The lowest BCUT2D eigenvalue weighted by atomic mass is 9.84. The summed E-state index contributed by atoms with van der Waals surface area (Å²) < 4.78 is 23.5. The SMILES string of the molecule is COc1ccc(C#N)cc1C#Cc1c2c(cc3oc4ccc(C#N)cc4c13)CC(C(=O)OCc1ccccc1)(C(=O)OCc1ccccc1)C2. The topological polar surface area (TPSA) is 123 Å². The minimum absolute atomic E-state index is 0.00191. The summed E-state index contributed by atoms with van der Waals surface area (Å²) in [5, 5.41) is 20.6. The second-order valence-corrected chi connectivity index (χ2v) is 12.0. The lowest BCUT2D eigenvalue weighted by Crippen LogP contribution is -2.42. The number of rotatable bonds is 7. The van der Waals surface area contributed by atoms with Crippen molar-refractivity contribution in [2.24, 2.45) is 5.41 Å². The van der Waals surface area contributed by atoms with Gasteiger partial charge in [0.05, 0.1) is 35.9 Å². The van der Waals surface area contributed by atoms with Crippen LogP contribution in [0.15, 0.2) is 108 Å². The van der Waals surface area contributed by atoms with Crippen molar-refractivity contribution < 1.29 is 28.2 Å². The second kappa shape index (κ2) is 13.4. The molecule has 6 aromatic rings. The van der Waals surface area contributed by atoms with E-state index in [1.165, 1.54) is 7.11 Å². The van der Waals surface area contributed by atoms with Crippen LogP contribution in [0.2, 0.25) is 0 Å². The third kappa shape index (κ3) is 5.90. The van der Waals surface area contributed by atoms with Crippen molar-refractivity contribution in [1.82, 2.24) is 0 Å². The summed E-state index contributed by atoms with van der Waals surface area (Å²) in [6.07, 6.45) is -0.0363. The van der Waals surface area contributed by atoms with Gasteiger partial charge in [-0.1, -0.05) is 72.5 Å². The second-order valence-electron chi connectivity index (χ2n) is 12.0. The maximum absolute atomic E-state index is 14.2. The van der Waals surface area contributed by atoms with Gasteiger partial charge in [0.1, 0.15) is 30.1 Å². The number of furan rings is 1. The van der Waals surface area contributed by atoms with Gasteiger partial charge in [0.2, 0.25) is 0 Å². The van der Waals surface area contributed by atoms with Gasteiger partial charge in [-0.25, -0.2) is 0 Å². The number of nitrogens with zero attached hydrogens (tertiary/aromatic N) is 2. The van der Waals surface area contributed by atoms with Gasteiger partial charge in [-0.3, -0.25) is 9.59 Å². The molecule has 8 nitrogen and oxygen atoms in total. The monoisotopic (exact) mass is 656 g/mol.